The van der Waals surface area contributed by atoms with Gasteiger partial charge in [0.2, 0.25) is 0 Å². The molecule has 0 bridgehead atoms. The highest BCUT2D eigenvalue weighted by Crippen LogP contribution is 2.33. The molecule has 6 nitrogen and oxygen atoms in total. The molecule has 0 aliphatic carbocycles. The van der Waals surface area contributed by atoms with Crippen LogP contribution in [0.1, 0.15) is 19.5 Å². The smallest absolute Gasteiger partial charge is 0.367 e. The number of halogens is 3. The SMILES string of the molecule is CC(C)Nc1nccc2[nH]nc(-c3cc(C(F)(F)F)ncn3)c12. The lowest BCUT2D eigenvalue weighted by molar-refractivity contribution is -0.141. The van der Waals surface area contributed by atoms with Crippen LogP contribution in [0.25, 0.3) is 22.3 Å². The van der Waals surface area contributed by atoms with Crippen LogP contribution < -0.4 is 5.32 Å². The van der Waals surface area contributed by atoms with Crippen molar-refractivity contribution in [2.24, 2.45) is 0 Å². The van der Waals surface area contributed by atoms with Gasteiger partial charge in [0.25, 0.3) is 0 Å². The van der Waals surface area contributed by atoms with Crippen LogP contribution in [0.3, 0.4) is 0 Å². The molecule has 0 aliphatic heterocycles. The van der Waals surface area contributed by atoms with Crippen LogP contribution in [-0.4, -0.2) is 31.2 Å². The van der Waals surface area contributed by atoms with E-state index in [2.05, 4.69) is 30.5 Å². The lowest BCUT2D eigenvalue weighted by Gasteiger charge is -2.10. The van der Waals surface area contributed by atoms with Crippen molar-refractivity contribution in [3.8, 4) is 11.4 Å². The number of H-pyrrole nitrogens is 1. The van der Waals surface area contributed by atoms with Crippen LogP contribution in [0.4, 0.5) is 19.0 Å². The Hall–Kier alpha value is -2.71. The summed E-state index contributed by atoms with van der Waals surface area (Å²) in [5.41, 5.74) is 0.0220. The van der Waals surface area contributed by atoms with Gasteiger partial charge in [-0.1, -0.05) is 0 Å². The zero-order valence-corrected chi connectivity index (χ0v) is 12.3. The van der Waals surface area contributed by atoms with Crippen LogP contribution in [0.5, 0.6) is 0 Å². The molecule has 0 amide bonds. The molecule has 3 rings (SSSR count). The van der Waals surface area contributed by atoms with E-state index in [-0.39, 0.29) is 11.7 Å². The number of aromatic nitrogens is 5. The Balaban J connectivity index is 2.17. The Kier molecular flexibility index (Phi) is 3.63. The van der Waals surface area contributed by atoms with Crippen LogP contribution in [-0.2, 0) is 6.18 Å². The number of anilines is 1. The molecule has 0 spiro atoms. The third-order valence-electron chi connectivity index (χ3n) is 3.10. The topological polar surface area (TPSA) is 79.4 Å². The Morgan fingerprint density at radius 1 is 1.17 bits per heavy atom. The second-order valence-electron chi connectivity index (χ2n) is 5.24. The minimum atomic E-state index is -4.54. The molecule has 3 aromatic heterocycles. The van der Waals surface area contributed by atoms with E-state index < -0.39 is 11.9 Å². The number of hydrogen-bond acceptors (Lipinski definition) is 5. The van der Waals surface area contributed by atoms with Crippen molar-refractivity contribution in [2.75, 3.05) is 5.32 Å². The summed E-state index contributed by atoms with van der Waals surface area (Å²) in [6.07, 6.45) is -2.07. The first-order chi connectivity index (χ1) is 10.9. The van der Waals surface area contributed by atoms with Crippen molar-refractivity contribution in [2.45, 2.75) is 26.1 Å². The van der Waals surface area contributed by atoms with E-state index in [0.717, 1.165) is 12.4 Å². The van der Waals surface area contributed by atoms with Gasteiger partial charge in [-0.3, -0.25) is 5.10 Å². The number of nitrogens with zero attached hydrogens (tertiary/aromatic N) is 4. The molecule has 0 saturated heterocycles. The zero-order valence-electron chi connectivity index (χ0n) is 12.3. The fourth-order valence-corrected chi connectivity index (χ4v) is 2.18. The minimum Gasteiger partial charge on any atom is -0.367 e. The van der Waals surface area contributed by atoms with Crippen molar-refractivity contribution in [3.05, 3.63) is 30.4 Å². The molecule has 0 aliphatic rings. The Morgan fingerprint density at radius 3 is 2.65 bits per heavy atom. The number of alkyl halides is 3. The Morgan fingerprint density at radius 2 is 1.96 bits per heavy atom. The summed E-state index contributed by atoms with van der Waals surface area (Å²) < 4.78 is 38.5. The van der Waals surface area contributed by atoms with E-state index in [1.807, 2.05) is 13.8 Å². The lowest BCUT2D eigenvalue weighted by Crippen LogP contribution is -2.11. The molecule has 0 radical (unpaired) electrons. The lowest BCUT2D eigenvalue weighted by atomic mass is 10.1. The van der Waals surface area contributed by atoms with Gasteiger partial charge in [-0.25, -0.2) is 15.0 Å². The maximum absolute atomic E-state index is 12.8. The fourth-order valence-electron chi connectivity index (χ4n) is 2.18. The van der Waals surface area contributed by atoms with Gasteiger partial charge in [0.15, 0.2) is 0 Å². The molecular formula is C14H13F3N6. The number of rotatable bonds is 3. The quantitative estimate of drug-likeness (QED) is 0.774. The van der Waals surface area contributed by atoms with Gasteiger partial charge < -0.3 is 5.32 Å². The van der Waals surface area contributed by atoms with Gasteiger partial charge in [-0.05, 0) is 26.0 Å². The van der Waals surface area contributed by atoms with Crippen LogP contribution in [0, 0.1) is 0 Å². The fraction of sp³-hybridized carbons (Fsp3) is 0.286. The van der Waals surface area contributed by atoms with E-state index in [0.29, 0.717) is 22.4 Å². The summed E-state index contributed by atoms with van der Waals surface area (Å²) in [6.45, 7) is 3.87. The Labute approximate surface area is 129 Å². The van der Waals surface area contributed by atoms with Crippen LogP contribution >= 0.6 is 0 Å². The summed E-state index contributed by atoms with van der Waals surface area (Å²) in [7, 11) is 0. The second-order valence-corrected chi connectivity index (χ2v) is 5.24. The summed E-state index contributed by atoms with van der Waals surface area (Å²) in [5.74, 6) is 0.536. The van der Waals surface area contributed by atoms with Gasteiger partial charge in [0, 0.05) is 12.2 Å². The summed E-state index contributed by atoms with van der Waals surface area (Å²) in [5, 5.41) is 10.6. The molecule has 0 saturated carbocycles. The second kappa shape index (κ2) is 5.49. The van der Waals surface area contributed by atoms with Gasteiger partial charge in [-0.15, -0.1) is 0 Å². The molecule has 0 atom stereocenters. The molecule has 3 heterocycles. The molecular weight excluding hydrogens is 309 g/mol. The van der Waals surface area contributed by atoms with Crippen molar-refractivity contribution in [3.63, 3.8) is 0 Å². The first kappa shape index (κ1) is 15.2. The first-order valence-corrected chi connectivity index (χ1v) is 6.85. The highest BCUT2D eigenvalue weighted by molar-refractivity contribution is 5.99. The minimum absolute atomic E-state index is 0.0818. The van der Waals surface area contributed by atoms with E-state index in [9.17, 15) is 13.2 Å². The van der Waals surface area contributed by atoms with Crippen LogP contribution in [0.2, 0.25) is 0 Å². The molecule has 120 valence electrons. The molecule has 2 N–H and O–H groups in total. The number of nitrogens with one attached hydrogen (secondary N) is 2. The summed E-state index contributed by atoms with van der Waals surface area (Å²) in [4.78, 5) is 11.4. The largest absolute Gasteiger partial charge is 0.433 e. The number of pyridine rings is 1. The monoisotopic (exact) mass is 322 g/mol. The van der Waals surface area contributed by atoms with Gasteiger partial charge in [0.05, 0.1) is 16.6 Å². The molecule has 3 aromatic rings. The van der Waals surface area contributed by atoms with Gasteiger partial charge in [0.1, 0.15) is 23.5 Å². The summed E-state index contributed by atoms with van der Waals surface area (Å²) >= 11 is 0. The third kappa shape index (κ3) is 2.94. The number of fused-ring (bicyclic) bond motifs is 1. The van der Waals surface area contributed by atoms with E-state index in [1.54, 1.807) is 12.3 Å². The average molecular weight is 322 g/mol. The summed E-state index contributed by atoms with van der Waals surface area (Å²) in [6, 6.07) is 2.68. The standard InChI is InChI=1S/C14H13F3N6/c1-7(2)21-13-11-8(3-4-18-13)22-23-12(11)9-5-10(14(15,16)17)20-6-19-9/h3-7H,1-2H3,(H,18,21)(H,22,23). The van der Waals surface area contributed by atoms with Crippen molar-refractivity contribution < 1.29 is 13.2 Å². The normalized spacial score (nSPS) is 12.1. The molecule has 0 fully saturated rings. The Bertz CT molecular complexity index is 840. The zero-order chi connectivity index (χ0) is 16.6. The van der Waals surface area contributed by atoms with E-state index >= 15 is 0 Å². The predicted molar refractivity (Wildman–Crippen MR) is 78.7 cm³/mol. The third-order valence-corrected chi connectivity index (χ3v) is 3.10. The molecule has 0 aromatic carbocycles. The maximum Gasteiger partial charge on any atom is 0.433 e. The van der Waals surface area contributed by atoms with Crippen LogP contribution in [0.15, 0.2) is 24.7 Å². The molecule has 9 heteroatoms. The van der Waals surface area contributed by atoms with E-state index in [1.165, 1.54) is 0 Å². The molecule has 23 heavy (non-hydrogen) atoms. The van der Waals surface area contributed by atoms with Crippen molar-refractivity contribution in [1.29, 1.82) is 0 Å². The number of hydrogen-bond donors (Lipinski definition) is 2. The number of aromatic amines is 1. The van der Waals surface area contributed by atoms with E-state index in [4.69, 9.17) is 0 Å². The first-order valence-electron chi connectivity index (χ1n) is 6.85. The highest BCUT2D eigenvalue weighted by atomic mass is 19.4. The predicted octanol–water partition coefficient (Wildman–Crippen LogP) is 3.25. The van der Waals surface area contributed by atoms with Crippen molar-refractivity contribution >= 4 is 16.7 Å². The molecule has 0 unspecified atom stereocenters. The maximum atomic E-state index is 12.8. The highest BCUT2D eigenvalue weighted by Gasteiger charge is 2.33. The van der Waals surface area contributed by atoms with Gasteiger partial charge in [-0.2, -0.15) is 18.3 Å². The van der Waals surface area contributed by atoms with Gasteiger partial charge >= 0.3 is 6.18 Å². The average Bonchev–Trinajstić information content (AvgIpc) is 2.91. The van der Waals surface area contributed by atoms with Crippen molar-refractivity contribution in [1.82, 2.24) is 25.1 Å².